The van der Waals surface area contributed by atoms with Crippen molar-refractivity contribution in [1.29, 1.82) is 0 Å². The van der Waals surface area contributed by atoms with Crippen LogP contribution >= 0.6 is 40.3 Å². The molecular weight excluding hydrogens is 498 g/mol. The quantitative estimate of drug-likeness (QED) is 0.488. The summed E-state index contributed by atoms with van der Waals surface area (Å²) >= 11 is 7.55. The van der Waals surface area contributed by atoms with Gasteiger partial charge in [0.1, 0.15) is 5.54 Å². The number of amidine groups is 2. The topological polar surface area (TPSA) is 65.3 Å². The van der Waals surface area contributed by atoms with Crippen molar-refractivity contribution in [2.45, 2.75) is 44.6 Å². The highest BCUT2D eigenvalue weighted by Crippen LogP contribution is 2.45. The van der Waals surface area contributed by atoms with Crippen molar-refractivity contribution >= 4 is 68.7 Å². The van der Waals surface area contributed by atoms with E-state index in [1.54, 1.807) is 0 Å². The minimum absolute atomic E-state index is 0. The Balaban J connectivity index is 0.00000272. The second kappa shape index (κ2) is 10.2. The fourth-order valence-corrected chi connectivity index (χ4v) is 5.18. The van der Waals surface area contributed by atoms with Crippen molar-refractivity contribution < 1.29 is 9.90 Å². The Morgan fingerprint density at radius 2 is 1.90 bits per heavy atom. The molecule has 0 aromatic heterocycles. The van der Waals surface area contributed by atoms with E-state index in [0.717, 1.165) is 42.9 Å². The molecule has 0 unspecified atom stereocenters. The number of nitrogens with zero attached hydrogens (tertiary/aromatic N) is 3. The zero-order valence-electron chi connectivity index (χ0n) is 17.3. The number of aliphatic carboxylic acids is 1. The molecule has 0 atom stereocenters. The Kier molecular flexibility index (Phi) is 7.83. The van der Waals surface area contributed by atoms with E-state index < -0.39 is 5.97 Å². The van der Waals surface area contributed by atoms with E-state index in [1.165, 1.54) is 23.7 Å². The number of hydrogen-bond acceptors (Lipinski definition) is 4. The predicted octanol–water partition coefficient (Wildman–Crippen LogP) is 6.65. The van der Waals surface area contributed by atoms with E-state index in [0.29, 0.717) is 10.2 Å². The molecule has 0 saturated heterocycles. The van der Waals surface area contributed by atoms with Gasteiger partial charge in [0.05, 0.1) is 11.4 Å². The highest BCUT2D eigenvalue weighted by Gasteiger charge is 2.49. The number of halogens is 2. The molecule has 5 nitrogen and oxygen atoms in total. The van der Waals surface area contributed by atoms with Gasteiger partial charge in [-0.05, 0) is 50.1 Å². The maximum atomic E-state index is 11.3. The molecule has 1 fully saturated rings. The first-order chi connectivity index (χ1) is 14.5. The molecule has 4 rings (SSSR count). The summed E-state index contributed by atoms with van der Waals surface area (Å²) < 4.78 is 0. The minimum Gasteiger partial charge on any atom is -0.481 e. The van der Waals surface area contributed by atoms with Crippen molar-refractivity contribution in [2.24, 2.45) is 9.98 Å². The monoisotopic (exact) mass is 521 g/mol. The van der Waals surface area contributed by atoms with Crippen LogP contribution in [0.2, 0.25) is 5.02 Å². The van der Waals surface area contributed by atoms with Crippen LogP contribution in [0.15, 0.2) is 58.5 Å². The van der Waals surface area contributed by atoms with E-state index >= 15 is 0 Å². The largest absolute Gasteiger partial charge is 0.481 e. The van der Waals surface area contributed by atoms with Crippen LogP contribution in [0.1, 0.15) is 37.7 Å². The summed E-state index contributed by atoms with van der Waals surface area (Å²) in [6.07, 6.45) is 5.18. The van der Waals surface area contributed by atoms with Crippen LogP contribution < -0.4 is 4.90 Å². The lowest BCUT2D eigenvalue weighted by Crippen LogP contribution is -2.52. The summed E-state index contributed by atoms with van der Waals surface area (Å²) in [5, 5.41) is 10.6. The van der Waals surface area contributed by atoms with Crippen LogP contribution in [-0.2, 0) is 4.79 Å². The van der Waals surface area contributed by atoms with Crippen molar-refractivity contribution in [2.75, 3.05) is 10.7 Å². The maximum Gasteiger partial charge on any atom is 0.313 e. The van der Waals surface area contributed by atoms with E-state index in [-0.39, 0.29) is 28.3 Å². The third kappa shape index (κ3) is 5.16. The number of aryl methyl sites for hydroxylation is 1. The third-order valence-electron chi connectivity index (χ3n) is 5.58. The number of carboxylic acid groups (broad SMARTS) is 1. The summed E-state index contributed by atoms with van der Waals surface area (Å²) in [5.41, 5.74) is 2.59. The van der Waals surface area contributed by atoms with Crippen LogP contribution in [0.25, 0.3) is 0 Å². The SMILES string of the molecule is Br.Cc1ccc(N=C2N=C(SCC(=O)O)N(c3cccc(Cl)c3)C23CCCCC3)cc1. The molecule has 2 aliphatic rings. The average Bonchev–Trinajstić information content (AvgIpc) is 3.01. The predicted molar refractivity (Wildman–Crippen MR) is 136 cm³/mol. The van der Waals surface area contributed by atoms with Gasteiger partial charge in [-0.15, -0.1) is 17.0 Å². The standard InChI is InChI=1S/C23H24ClN3O2S.BrH/c1-16-8-10-18(11-9-16)25-21-23(12-3-2-4-13-23)27(19-7-5-6-17(24)14-19)22(26-21)30-15-20(28)29;/h5-11,14H,2-4,12-13,15H2,1H3,(H,28,29);1H. The van der Waals surface area contributed by atoms with E-state index in [1.807, 2.05) is 48.5 Å². The van der Waals surface area contributed by atoms with Crippen molar-refractivity contribution in [1.82, 2.24) is 0 Å². The first-order valence-corrected chi connectivity index (χ1v) is 11.5. The maximum absolute atomic E-state index is 11.3. The molecule has 0 amide bonds. The summed E-state index contributed by atoms with van der Waals surface area (Å²) in [6, 6.07) is 15.8. The zero-order valence-corrected chi connectivity index (χ0v) is 20.5. The summed E-state index contributed by atoms with van der Waals surface area (Å²) in [6.45, 7) is 2.05. The van der Waals surface area contributed by atoms with Gasteiger partial charge in [0, 0.05) is 10.7 Å². The number of hydrogen-bond donors (Lipinski definition) is 1. The average molecular weight is 523 g/mol. The van der Waals surface area contributed by atoms with Crippen LogP contribution in [0, 0.1) is 6.92 Å². The molecule has 0 radical (unpaired) electrons. The molecule has 1 spiro atoms. The van der Waals surface area contributed by atoms with Crippen LogP contribution in [0.4, 0.5) is 11.4 Å². The number of thioether (sulfide) groups is 1. The van der Waals surface area contributed by atoms with E-state index in [2.05, 4.69) is 11.8 Å². The molecule has 8 heteroatoms. The van der Waals surface area contributed by atoms with E-state index in [9.17, 15) is 9.90 Å². The highest BCUT2D eigenvalue weighted by atomic mass is 79.9. The van der Waals surface area contributed by atoms with Gasteiger partial charge in [-0.2, -0.15) is 0 Å². The lowest BCUT2D eigenvalue weighted by Gasteiger charge is -2.42. The third-order valence-corrected chi connectivity index (χ3v) is 6.74. The number of carbonyl (C=O) groups is 1. The second-order valence-electron chi connectivity index (χ2n) is 7.76. The molecule has 31 heavy (non-hydrogen) atoms. The van der Waals surface area contributed by atoms with Crippen LogP contribution in [0.5, 0.6) is 0 Å². The highest BCUT2D eigenvalue weighted by molar-refractivity contribution is 8.93. The van der Waals surface area contributed by atoms with Gasteiger partial charge in [-0.25, -0.2) is 9.98 Å². The number of anilines is 1. The Bertz CT molecular complexity index is 1000. The molecular formula is C23H25BrClN3O2S. The van der Waals surface area contributed by atoms with Gasteiger partial charge < -0.3 is 10.0 Å². The molecule has 0 bridgehead atoms. The molecule has 164 valence electrons. The fraction of sp³-hybridized carbons (Fsp3) is 0.348. The van der Waals surface area contributed by atoms with Gasteiger partial charge in [0.15, 0.2) is 11.0 Å². The van der Waals surface area contributed by atoms with E-state index in [4.69, 9.17) is 21.6 Å². The summed E-state index contributed by atoms with van der Waals surface area (Å²) in [4.78, 5) is 23.3. The van der Waals surface area contributed by atoms with Crippen molar-refractivity contribution in [3.8, 4) is 0 Å². The molecule has 1 aliphatic heterocycles. The number of benzene rings is 2. The van der Waals surface area contributed by atoms with Crippen LogP contribution in [0.3, 0.4) is 0 Å². The minimum atomic E-state index is -0.865. The molecule has 1 heterocycles. The molecule has 1 N–H and O–H groups in total. The van der Waals surface area contributed by atoms with Gasteiger partial charge >= 0.3 is 5.97 Å². The molecule has 2 aromatic rings. The summed E-state index contributed by atoms with van der Waals surface area (Å²) in [7, 11) is 0. The van der Waals surface area contributed by atoms with Gasteiger partial charge in [0.2, 0.25) is 0 Å². The van der Waals surface area contributed by atoms with Gasteiger partial charge in [-0.1, -0.05) is 66.4 Å². The lowest BCUT2D eigenvalue weighted by molar-refractivity contribution is -0.133. The fourth-order valence-electron chi connectivity index (χ4n) is 4.18. The molecule has 2 aromatic carbocycles. The first kappa shape index (κ1) is 23.8. The zero-order chi connectivity index (χ0) is 21.1. The molecule has 1 aliphatic carbocycles. The second-order valence-corrected chi connectivity index (χ2v) is 9.13. The number of aliphatic imine (C=N–C) groups is 2. The van der Waals surface area contributed by atoms with Gasteiger partial charge in [0.25, 0.3) is 0 Å². The number of carboxylic acids is 1. The Hall–Kier alpha value is -1.83. The van der Waals surface area contributed by atoms with Crippen LogP contribution in [-0.4, -0.2) is 33.4 Å². The Morgan fingerprint density at radius 1 is 1.19 bits per heavy atom. The Morgan fingerprint density at radius 3 is 2.55 bits per heavy atom. The first-order valence-electron chi connectivity index (χ1n) is 10.1. The smallest absolute Gasteiger partial charge is 0.313 e. The normalized spacial score (nSPS) is 18.7. The van der Waals surface area contributed by atoms with Gasteiger partial charge in [-0.3, -0.25) is 4.79 Å². The van der Waals surface area contributed by atoms with Crippen molar-refractivity contribution in [3.63, 3.8) is 0 Å². The summed E-state index contributed by atoms with van der Waals surface area (Å²) in [5.74, 6) is -0.154. The Labute approximate surface area is 202 Å². The van der Waals surface area contributed by atoms with Crippen molar-refractivity contribution in [3.05, 3.63) is 59.1 Å². The molecule has 1 saturated carbocycles. The number of rotatable bonds is 4. The lowest BCUT2D eigenvalue weighted by atomic mass is 9.79.